The standard InChI is InChI=1S/C6H6BNO3/c9-6-1-5-4(2-8-6)3-11-7(5)10/h1-2,10H,3H2,(H,8,9). The van der Waals surface area contributed by atoms with Crippen LogP contribution in [-0.4, -0.2) is 22.2 Å². The van der Waals surface area contributed by atoms with Gasteiger partial charge in [-0.1, -0.05) is 0 Å². The zero-order chi connectivity index (χ0) is 7.84. The Morgan fingerprint density at radius 2 is 2.45 bits per heavy atom. The van der Waals surface area contributed by atoms with Crippen LogP contribution >= 0.6 is 0 Å². The first-order valence-electron chi connectivity index (χ1n) is 3.25. The second-order valence-corrected chi connectivity index (χ2v) is 2.40. The van der Waals surface area contributed by atoms with E-state index in [-0.39, 0.29) is 5.88 Å². The Hall–Kier alpha value is -1.07. The molecule has 1 aromatic heterocycles. The minimum atomic E-state index is -0.904. The summed E-state index contributed by atoms with van der Waals surface area (Å²) in [6.45, 7) is 0.365. The van der Waals surface area contributed by atoms with Crippen molar-refractivity contribution < 1.29 is 14.8 Å². The second-order valence-electron chi connectivity index (χ2n) is 2.40. The van der Waals surface area contributed by atoms with E-state index in [0.29, 0.717) is 12.1 Å². The van der Waals surface area contributed by atoms with Gasteiger partial charge in [-0.3, -0.25) is 0 Å². The summed E-state index contributed by atoms with van der Waals surface area (Å²) < 4.78 is 4.88. The molecule has 0 aromatic carbocycles. The van der Waals surface area contributed by atoms with Gasteiger partial charge in [0, 0.05) is 12.3 Å². The Bertz CT molecular complexity index is 291. The first-order chi connectivity index (χ1) is 5.27. The third-order valence-electron chi connectivity index (χ3n) is 1.67. The quantitative estimate of drug-likeness (QED) is 0.467. The average Bonchev–Trinajstić information content (AvgIpc) is 2.33. The van der Waals surface area contributed by atoms with E-state index in [4.69, 9.17) is 14.8 Å². The van der Waals surface area contributed by atoms with Crippen LogP contribution in [0.2, 0.25) is 0 Å². The molecule has 0 bridgehead atoms. The van der Waals surface area contributed by atoms with Crippen molar-refractivity contribution in [3.8, 4) is 5.88 Å². The molecule has 0 radical (unpaired) electrons. The molecule has 11 heavy (non-hydrogen) atoms. The minimum Gasteiger partial charge on any atom is -0.493 e. The maximum atomic E-state index is 9.14. The molecule has 0 fully saturated rings. The number of pyridine rings is 1. The molecule has 0 saturated carbocycles. The highest BCUT2D eigenvalue weighted by atomic mass is 16.5. The van der Waals surface area contributed by atoms with E-state index in [1.54, 1.807) is 0 Å². The van der Waals surface area contributed by atoms with Crippen LogP contribution in [0, 0.1) is 0 Å². The maximum Gasteiger partial charge on any atom is 0.492 e. The van der Waals surface area contributed by atoms with Crippen molar-refractivity contribution in [2.75, 3.05) is 0 Å². The Morgan fingerprint density at radius 3 is 3.27 bits per heavy atom. The summed E-state index contributed by atoms with van der Waals surface area (Å²) in [4.78, 5) is 3.65. The lowest BCUT2D eigenvalue weighted by Crippen LogP contribution is -2.27. The normalized spacial score (nSPS) is 15.2. The average molecular weight is 151 g/mol. The smallest absolute Gasteiger partial charge is 0.492 e. The molecule has 0 spiro atoms. The fourth-order valence-corrected chi connectivity index (χ4v) is 1.10. The van der Waals surface area contributed by atoms with Crippen molar-refractivity contribution in [3.63, 3.8) is 0 Å². The Balaban J connectivity index is 2.52. The molecule has 0 amide bonds. The minimum absolute atomic E-state index is 0.0895. The van der Waals surface area contributed by atoms with E-state index >= 15 is 0 Å². The first-order valence-corrected chi connectivity index (χ1v) is 3.25. The summed E-state index contributed by atoms with van der Waals surface area (Å²) >= 11 is 0. The molecule has 0 aliphatic carbocycles. The molecule has 2 N–H and O–H groups in total. The summed E-state index contributed by atoms with van der Waals surface area (Å²) in [6.07, 6.45) is 1.50. The van der Waals surface area contributed by atoms with Gasteiger partial charge >= 0.3 is 7.12 Å². The topological polar surface area (TPSA) is 62.6 Å². The fraction of sp³-hybridized carbons (Fsp3) is 0.167. The molecule has 0 atom stereocenters. The van der Waals surface area contributed by atoms with Crippen LogP contribution in [0.5, 0.6) is 5.88 Å². The molecule has 1 aliphatic rings. The van der Waals surface area contributed by atoms with Gasteiger partial charge in [0.05, 0.1) is 6.61 Å². The van der Waals surface area contributed by atoms with Gasteiger partial charge in [-0.15, -0.1) is 0 Å². The molecule has 56 valence electrons. The van der Waals surface area contributed by atoms with E-state index in [0.717, 1.165) is 5.56 Å². The van der Waals surface area contributed by atoms with Crippen molar-refractivity contribution in [2.45, 2.75) is 6.61 Å². The fourth-order valence-electron chi connectivity index (χ4n) is 1.10. The highest BCUT2D eigenvalue weighted by molar-refractivity contribution is 6.61. The summed E-state index contributed by atoms with van der Waals surface area (Å²) in [6, 6.07) is 1.41. The predicted octanol–water partition coefficient (Wildman–Crippen LogP) is -0.995. The second kappa shape index (κ2) is 2.22. The number of nitrogens with zero attached hydrogens (tertiary/aromatic N) is 1. The summed E-state index contributed by atoms with van der Waals surface area (Å²) in [5.74, 6) is -0.0895. The Kier molecular flexibility index (Phi) is 1.34. The molecule has 1 aromatic rings. The van der Waals surface area contributed by atoms with Crippen molar-refractivity contribution in [2.24, 2.45) is 0 Å². The lowest BCUT2D eigenvalue weighted by Gasteiger charge is -1.96. The number of rotatable bonds is 0. The molecular weight excluding hydrogens is 145 g/mol. The first kappa shape index (κ1) is 6.63. The SMILES string of the molecule is OB1OCc2cnc(O)cc21. The molecular formula is C6H6BNO3. The van der Waals surface area contributed by atoms with Gasteiger partial charge in [-0.25, -0.2) is 4.98 Å². The molecule has 1 aliphatic heterocycles. The zero-order valence-electron chi connectivity index (χ0n) is 5.69. The number of fused-ring (bicyclic) bond motifs is 1. The molecule has 5 heteroatoms. The van der Waals surface area contributed by atoms with E-state index in [1.165, 1.54) is 12.3 Å². The van der Waals surface area contributed by atoms with Gasteiger partial charge < -0.3 is 14.8 Å². The molecule has 2 heterocycles. The molecule has 0 saturated heterocycles. The molecule has 4 nitrogen and oxygen atoms in total. The molecule has 2 rings (SSSR count). The summed E-state index contributed by atoms with van der Waals surface area (Å²) in [5.41, 5.74) is 1.44. The molecule has 0 unspecified atom stereocenters. The third-order valence-corrected chi connectivity index (χ3v) is 1.67. The largest absolute Gasteiger partial charge is 0.493 e. The van der Waals surface area contributed by atoms with Gasteiger partial charge in [-0.2, -0.15) is 0 Å². The number of hydrogen-bond acceptors (Lipinski definition) is 4. The van der Waals surface area contributed by atoms with Crippen LogP contribution in [0.15, 0.2) is 12.3 Å². The Labute approximate surface area is 63.6 Å². The van der Waals surface area contributed by atoms with E-state index in [2.05, 4.69) is 4.98 Å². The van der Waals surface area contributed by atoms with Crippen LogP contribution in [0.3, 0.4) is 0 Å². The monoisotopic (exact) mass is 151 g/mol. The number of hydrogen-bond donors (Lipinski definition) is 2. The van der Waals surface area contributed by atoms with E-state index in [1.807, 2.05) is 0 Å². The van der Waals surface area contributed by atoms with Crippen LogP contribution in [0.1, 0.15) is 5.56 Å². The summed E-state index contributed by atoms with van der Waals surface area (Å²) in [5, 5.41) is 18.1. The third kappa shape index (κ3) is 0.980. The van der Waals surface area contributed by atoms with Crippen molar-refractivity contribution in [1.82, 2.24) is 4.98 Å². The van der Waals surface area contributed by atoms with Crippen LogP contribution in [0.4, 0.5) is 0 Å². The van der Waals surface area contributed by atoms with Crippen LogP contribution in [0.25, 0.3) is 0 Å². The lowest BCUT2D eigenvalue weighted by molar-refractivity contribution is 0.275. The highest BCUT2D eigenvalue weighted by Gasteiger charge is 2.27. The van der Waals surface area contributed by atoms with Crippen molar-refractivity contribution in [3.05, 3.63) is 17.8 Å². The van der Waals surface area contributed by atoms with E-state index in [9.17, 15) is 0 Å². The maximum absolute atomic E-state index is 9.14. The van der Waals surface area contributed by atoms with Gasteiger partial charge in [0.25, 0.3) is 0 Å². The van der Waals surface area contributed by atoms with Crippen molar-refractivity contribution >= 4 is 12.6 Å². The van der Waals surface area contributed by atoms with Crippen molar-refractivity contribution in [1.29, 1.82) is 0 Å². The number of aromatic nitrogens is 1. The zero-order valence-corrected chi connectivity index (χ0v) is 5.69. The van der Waals surface area contributed by atoms with Gasteiger partial charge in [-0.05, 0) is 11.0 Å². The summed E-state index contributed by atoms with van der Waals surface area (Å²) in [7, 11) is -0.904. The van der Waals surface area contributed by atoms with Gasteiger partial charge in [0.1, 0.15) is 0 Å². The number of aromatic hydroxyl groups is 1. The van der Waals surface area contributed by atoms with Crippen LogP contribution in [-0.2, 0) is 11.3 Å². The van der Waals surface area contributed by atoms with E-state index < -0.39 is 7.12 Å². The lowest BCUT2D eigenvalue weighted by atomic mass is 9.80. The van der Waals surface area contributed by atoms with Gasteiger partial charge in [0.15, 0.2) is 0 Å². The van der Waals surface area contributed by atoms with Crippen LogP contribution < -0.4 is 5.46 Å². The highest BCUT2D eigenvalue weighted by Crippen LogP contribution is 2.11. The Morgan fingerprint density at radius 1 is 1.64 bits per heavy atom. The predicted molar refractivity (Wildman–Crippen MR) is 38.3 cm³/mol. The van der Waals surface area contributed by atoms with Gasteiger partial charge in [0.2, 0.25) is 5.88 Å².